The molecule has 0 radical (unpaired) electrons. The Morgan fingerprint density at radius 2 is 2.09 bits per heavy atom. The number of anilines is 1. The Labute approximate surface area is 204 Å². The van der Waals surface area contributed by atoms with Crippen LogP contribution in [0.3, 0.4) is 0 Å². The molecule has 3 aromatic rings. The van der Waals surface area contributed by atoms with Crippen molar-refractivity contribution >= 4 is 35.5 Å². The summed E-state index contributed by atoms with van der Waals surface area (Å²) in [4.78, 5) is 26.1. The van der Waals surface area contributed by atoms with Crippen molar-refractivity contribution < 1.29 is 19.1 Å². The van der Waals surface area contributed by atoms with Crippen LogP contribution in [-0.4, -0.2) is 66.9 Å². The maximum absolute atomic E-state index is 13.2. The van der Waals surface area contributed by atoms with Gasteiger partial charge in [-0.2, -0.15) is 9.78 Å². The number of nitro benzene ring substituents is 1. The number of nitrogen functional groups attached to an aromatic ring is 1. The number of methoxy groups -OCH3 is 1. The van der Waals surface area contributed by atoms with Crippen LogP contribution < -0.4 is 15.9 Å². The normalized spacial score (nSPS) is 13.9. The number of rotatable bonds is 8. The molecule has 3 N–H and O–H groups in total. The van der Waals surface area contributed by atoms with Crippen molar-refractivity contribution in [3.63, 3.8) is 0 Å². The van der Waals surface area contributed by atoms with Crippen molar-refractivity contribution in [1.29, 1.82) is 0 Å². The zero-order chi connectivity index (χ0) is 24.2. The SMILES string of the molecule is COc1ccc(/C(C)=N/NC(=O)c2c(CN3CCCC3)nnn2-c2nonc2N)cc1[N+](=O)[O-].Cl. The molecule has 16 heteroatoms. The Hall–Kier alpha value is -4.11. The Morgan fingerprint density at radius 1 is 1.34 bits per heavy atom. The summed E-state index contributed by atoms with van der Waals surface area (Å²) in [6.45, 7) is 3.78. The van der Waals surface area contributed by atoms with Gasteiger partial charge in [0.15, 0.2) is 11.4 Å². The Morgan fingerprint density at radius 3 is 2.71 bits per heavy atom. The average molecular weight is 507 g/mol. The van der Waals surface area contributed by atoms with E-state index in [9.17, 15) is 14.9 Å². The number of carbonyl (C=O) groups is 1. The highest BCUT2D eigenvalue weighted by molar-refractivity contribution is 6.01. The maximum atomic E-state index is 13.2. The minimum absolute atomic E-state index is 0. The molecule has 1 aliphatic rings. The van der Waals surface area contributed by atoms with Crippen LogP contribution in [0.15, 0.2) is 27.9 Å². The van der Waals surface area contributed by atoms with Crippen LogP contribution in [-0.2, 0) is 6.54 Å². The quantitative estimate of drug-likeness (QED) is 0.254. The third-order valence-corrected chi connectivity index (χ3v) is 5.34. The highest BCUT2D eigenvalue weighted by atomic mass is 35.5. The molecule has 0 aliphatic carbocycles. The van der Waals surface area contributed by atoms with E-state index in [0.717, 1.165) is 30.6 Å². The van der Waals surface area contributed by atoms with Crippen LogP contribution in [0, 0.1) is 10.1 Å². The molecule has 1 fully saturated rings. The summed E-state index contributed by atoms with van der Waals surface area (Å²) < 4.78 is 10.8. The number of nitro groups is 1. The summed E-state index contributed by atoms with van der Waals surface area (Å²) in [6.07, 6.45) is 2.13. The van der Waals surface area contributed by atoms with Crippen LogP contribution in [0.4, 0.5) is 11.5 Å². The Bertz CT molecular complexity index is 1250. The van der Waals surface area contributed by atoms with Gasteiger partial charge in [0.25, 0.3) is 5.91 Å². The van der Waals surface area contributed by atoms with Gasteiger partial charge in [-0.15, -0.1) is 17.5 Å². The van der Waals surface area contributed by atoms with E-state index in [-0.39, 0.29) is 41.2 Å². The number of likely N-dealkylation sites (tertiary alicyclic amines) is 1. The van der Waals surface area contributed by atoms with Gasteiger partial charge in [-0.05, 0) is 55.3 Å². The second-order valence-corrected chi connectivity index (χ2v) is 7.53. The van der Waals surface area contributed by atoms with Crippen molar-refractivity contribution in [1.82, 2.24) is 35.6 Å². The van der Waals surface area contributed by atoms with Gasteiger partial charge >= 0.3 is 5.69 Å². The lowest BCUT2D eigenvalue weighted by Crippen LogP contribution is -2.26. The van der Waals surface area contributed by atoms with Crippen molar-refractivity contribution in [2.45, 2.75) is 26.3 Å². The highest BCUT2D eigenvalue weighted by Crippen LogP contribution is 2.27. The first-order valence-corrected chi connectivity index (χ1v) is 10.3. The monoisotopic (exact) mass is 506 g/mol. The van der Waals surface area contributed by atoms with Crippen LogP contribution in [0.1, 0.15) is 41.5 Å². The van der Waals surface area contributed by atoms with Crippen LogP contribution in [0.25, 0.3) is 5.82 Å². The number of hydrazone groups is 1. The number of ether oxygens (including phenoxy) is 1. The molecule has 1 saturated heterocycles. The lowest BCUT2D eigenvalue weighted by Gasteiger charge is -2.13. The molecular formula is C19H23ClN10O5. The summed E-state index contributed by atoms with van der Waals surface area (Å²) in [5.74, 6) is -0.538. The third kappa shape index (κ3) is 5.36. The second kappa shape index (κ2) is 10.9. The predicted molar refractivity (Wildman–Crippen MR) is 125 cm³/mol. The molecule has 4 rings (SSSR count). The van der Waals surface area contributed by atoms with Gasteiger partial charge in [0.2, 0.25) is 11.6 Å². The van der Waals surface area contributed by atoms with Crippen molar-refractivity contribution in [2.75, 3.05) is 25.9 Å². The number of amides is 1. The van der Waals surface area contributed by atoms with Crippen molar-refractivity contribution in [2.24, 2.45) is 5.10 Å². The number of benzene rings is 1. The van der Waals surface area contributed by atoms with Gasteiger partial charge in [0, 0.05) is 18.2 Å². The van der Waals surface area contributed by atoms with E-state index in [4.69, 9.17) is 10.5 Å². The zero-order valence-electron chi connectivity index (χ0n) is 18.9. The molecule has 35 heavy (non-hydrogen) atoms. The molecule has 1 amide bonds. The minimum Gasteiger partial charge on any atom is -0.490 e. The molecule has 3 heterocycles. The highest BCUT2D eigenvalue weighted by Gasteiger charge is 2.27. The maximum Gasteiger partial charge on any atom is 0.311 e. The van der Waals surface area contributed by atoms with Crippen LogP contribution in [0.2, 0.25) is 0 Å². The first kappa shape index (κ1) is 25.5. The van der Waals surface area contributed by atoms with Gasteiger partial charge in [0.05, 0.1) is 17.7 Å². The molecule has 0 saturated carbocycles. The molecule has 1 aliphatic heterocycles. The number of halogens is 1. The third-order valence-electron chi connectivity index (χ3n) is 5.34. The van der Waals surface area contributed by atoms with E-state index in [1.54, 1.807) is 13.0 Å². The molecule has 15 nitrogen and oxygen atoms in total. The molecule has 1 aromatic carbocycles. The summed E-state index contributed by atoms with van der Waals surface area (Å²) >= 11 is 0. The molecule has 0 atom stereocenters. The first-order valence-electron chi connectivity index (χ1n) is 10.3. The van der Waals surface area contributed by atoms with Gasteiger partial charge in [0.1, 0.15) is 5.69 Å². The molecular weight excluding hydrogens is 484 g/mol. The Balaban J connectivity index is 0.00000342. The number of nitrogens with one attached hydrogen (secondary N) is 1. The van der Waals surface area contributed by atoms with Crippen molar-refractivity contribution in [3.05, 3.63) is 45.3 Å². The van der Waals surface area contributed by atoms with Crippen molar-refractivity contribution in [3.8, 4) is 11.6 Å². The van der Waals surface area contributed by atoms with Crippen LogP contribution in [0.5, 0.6) is 5.75 Å². The van der Waals surface area contributed by atoms with Gasteiger partial charge in [-0.25, -0.2) is 10.1 Å². The van der Waals surface area contributed by atoms with Gasteiger partial charge in [-0.1, -0.05) is 5.21 Å². The van der Waals surface area contributed by atoms with E-state index >= 15 is 0 Å². The summed E-state index contributed by atoms with van der Waals surface area (Å²) in [5, 5.41) is 30.8. The number of carbonyl (C=O) groups excluding carboxylic acids is 1. The van der Waals surface area contributed by atoms with E-state index < -0.39 is 10.8 Å². The predicted octanol–water partition coefficient (Wildman–Crippen LogP) is 1.32. The smallest absolute Gasteiger partial charge is 0.311 e. The number of aromatic nitrogens is 5. The standard InChI is InChI=1S/C19H22N10O5.ClH/c1-11(12-5-6-15(33-2)14(9-12)29(31)32)21-23-19(30)16-13(10-27-7-3-4-8-27)22-26-28(16)18-17(20)24-34-25-18;/h5-6,9H,3-4,7-8,10H2,1-2H3,(H2,20,24)(H,23,30);1H/b21-11+;. The molecule has 0 spiro atoms. The molecule has 2 aromatic heterocycles. The number of hydrogen-bond donors (Lipinski definition) is 2. The average Bonchev–Trinajstić information content (AvgIpc) is 3.58. The molecule has 0 bridgehead atoms. The van der Waals surface area contributed by atoms with E-state index in [1.807, 2.05) is 0 Å². The number of nitrogens with zero attached hydrogens (tertiary/aromatic N) is 8. The van der Waals surface area contributed by atoms with E-state index in [1.165, 1.54) is 19.2 Å². The Kier molecular flexibility index (Phi) is 7.93. The largest absolute Gasteiger partial charge is 0.490 e. The number of hydrogen-bond acceptors (Lipinski definition) is 12. The lowest BCUT2D eigenvalue weighted by atomic mass is 10.1. The summed E-state index contributed by atoms with van der Waals surface area (Å²) in [7, 11) is 1.34. The summed E-state index contributed by atoms with van der Waals surface area (Å²) in [6, 6.07) is 4.38. The van der Waals surface area contributed by atoms with Gasteiger partial charge < -0.3 is 10.5 Å². The van der Waals surface area contributed by atoms with Crippen LogP contribution >= 0.6 is 12.4 Å². The fraction of sp³-hybridized carbons (Fsp3) is 0.368. The molecule has 186 valence electrons. The fourth-order valence-electron chi connectivity index (χ4n) is 3.60. The number of nitrogens with two attached hydrogens (primary N) is 1. The minimum atomic E-state index is -0.621. The first-order chi connectivity index (χ1) is 16.4. The molecule has 0 unspecified atom stereocenters. The zero-order valence-corrected chi connectivity index (χ0v) is 19.7. The summed E-state index contributed by atoms with van der Waals surface area (Å²) in [5.41, 5.74) is 9.28. The van der Waals surface area contributed by atoms with E-state index in [0.29, 0.717) is 23.5 Å². The second-order valence-electron chi connectivity index (χ2n) is 7.53. The topological polar surface area (TPSA) is 193 Å². The lowest BCUT2D eigenvalue weighted by molar-refractivity contribution is -0.385. The fourth-order valence-corrected chi connectivity index (χ4v) is 3.60. The van der Waals surface area contributed by atoms with E-state index in [2.05, 4.69) is 40.7 Å². The van der Waals surface area contributed by atoms with Gasteiger partial charge in [-0.3, -0.25) is 19.8 Å².